The summed E-state index contributed by atoms with van der Waals surface area (Å²) in [4.78, 5) is 31.0. The van der Waals surface area contributed by atoms with Crippen molar-refractivity contribution in [2.75, 3.05) is 56.2 Å². The number of halogens is 1. The van der Waals surface area contributed by atoms with E-state index in [1.165, 1.54) is 23.6 Å². The second-order valence-corrected chi connectivity index (χ2v) is 10.1. The lowest BCUT2D eigenvalue weighted by Crippen LogP contribution is -2.53. The predicted molar refractivity (Wildman–Crippen MR) is 135 cm³/mol. The van der Waals surface area contributed by atoms with Crippen LogP contribution in [0.4, 0.5) is 16.3 Å². The minimum Gasteiger partial charge on any atom is -0.378 e. The summed E-state index contributed by atoms with van der Waals surface area (Å²) >= 11 is 6.55. The summed E-state index contributed by atoms with van der Waals surface area (Å²) in [5.41, 5.74) is 2.50. The van der Waals surface area contributed by atoms with Gasteiger partial charge in [0.2, 0.25) is 5.91 Å². The number of nitrogens with zero attached hydrogens (tertiary/aromatic N) is 5. The van der Waals surface area contributed by atoms with Crippen molar-refractivity contribution in [2.45, 2.75) is 44.7 Å². The molecule has 0 saturated carbocycles. The van der Waals surface area contributed by atoms with E-state index in [1.54, 1.807) is 12.3 Å². The second-order valence-electron chi connectivity index (χ2n) is 9.73. The molecule has 0 unspecified atom stereocenters. The van der Waals surface area contributed by atoms with Crippen LogP contribution < -0.4 is 10.2 Å². The number of nitrogens with one attached hydrogen (secondary N) is 1. The lowest BCUT2D eigenvalue weighted by molar-refractivity contribution is -0.114. The van der Waals surface area contributed by atoms with Gasteiger partial charge in [-0.25, -0.2) is 4.79 Å². The van der Waals surface area contributed by atoms with Crippen molar-refractivity contribution >= 4 is 35.0 Å². The highest BCUT2D eigenvalue weighted by molar-refractivity contribution is 6.33. The molecule has 35 heavy (non-hydrogen) atoms. The number of carbonyl (C=O) groups is 2. The molecule has 1 aromatic heterocycles. The Labute approximate surface area is 210 Å². The fourth-order valence-electron chi connectivity index (χ4n) is 5.67. The number of benzene rings is 1. The van der Waals surface area contributed by atoms with Gasteiger partial charge in [-0.3, -0.25) is 9.69 Å². The lowest BCUT2D eigenvalue weighted by Gasteiger charge is -2.45. The molecule has 0 bridgehead atoms. The average Bonchev–Trinajstić information content (AvgIpc) is 3.48. The molecule has 3 saturated heterocycles. The van der Waals surface area contributed by atoms with E-state index in [9.17, 15) is 9.59 Å². The number of aromatic nitrogens is 2. The normalized spacial score (nSPS) is 20.4. The Hall–Kier alpha value is -2.62. The third-order valence-electron chi connectivity index (χ3n) is 7.53. The molecule has 4 heterocycles. The van der Waals surface area contributed by atoms with Crippen molar-refractivity contribution in [1.29, 1.82) is 0 Å². The Morgan fingerprint density at radius 3 is 2.60 bits per heavy atom. The summed E-state index contributed by atoms with van der Waals surface area (Å²) in [5, 5.41) is 7.60. The quantitative estimate of drug-likeness (QED) is 0.692. The largest absolute Gasteiger partial charge is 0.378 e. The highest BCUT2D eigenvalue weighted by Crippen LogP contribution is 2.40. The maximum atomic E-state index is 13.0. The minimum absolute atomic E-state index is 0.126. The van der Waals surface area contributed by atoms with Crippen LogP contribution in [0.5, 0.6) is 0 Å². The van der Waals surface area contributed by atoms with Gasteiger partial charge in [-0.2, -0.15) is 4.68 Å². The molecule has 2 amide bonds. The minimum atomic E-state index is -0.207. The van der Waals surface area contributed by atoms with Crippen LogP contribution in [0.3, 0.4) is 0 Å². The molecule has 3 fully saturated rings. The zero-order valence-electron chi connectivity index (χ0n) is 20.2. The molecule has 5 rings (SSSR count). The first-order valence-corrected chi connectivity index (χ1v) is 12.8. The van der Waals surface area contributed by atoms with E-state index in [4.69, 9.17) is 16.3 Å². The van der Waals surface area contributed by atoms with Crippen molar-refractivity contribution in [2.24, 2.45) is 0 Å². The number of amides is 2. The van der Waals surface area contributed by atoms with Crippen molar-refractivity contribution < 1.29 is 14.3 Å². The fraction of sp³-hybridized carbons (Fsp3) is 0.560. The maximum absolute atomic E-state index is 13.0. The summed E-state index contributed by atoms with van der Waals surface area (Å²) in [6.07, 6.45) is 5.84. The molecule has 0 aliphatic carbocycles. The first-order valence-electron chi connectivity index (χ1n) is 12.4. The summed E-state index contributed by atoms with van der Waals surface area (Å²) in [7, 11) is 0. The van der Waals surface area contributed by atoms with Gasteiger partial charge in [0.1, 0.15) is 0 Å². The first-order chi connectivity index (χ1) is 16.9. The van der Waals surface area contributed by atoms with Crippen LogP contribution in [-0.4, -0.2) is 83.0 Å². The van der Waals surface area contributed by atoms with Gasteiger partial charge in [-0.1, -0.05) is 17.7 Å². The second kappa shape index (κ2) is 10.2. The summed E-state index contributed by atoms with van der Waals surface area (Å²) in [6, 6.07) is 7.89. The topological polar surface area (TPSA) is 82.9 Å². The lowest BCUT2D eigenvalue weighted by atomic mass is 9.85. The number of rotatable bonds is 4. The number of hydrogen-bond acceptors (Lipinski definition) is 6. The van der Waals surface area contributed by atoms with Crippen LogP contribution in [0.2, 0.25) is 5.02 Å². The van der Waals surface area contributed by atoms with Gasteiger partial charge in [-0.05, 0) is 49.9 Å². The Kier molecular flexibility index (Phi) is 7.00. The zero-order valence-corrected chi connectivity index (χ0v) is 21.0. The van der Waals surface area contributed by atoms with E-state index in [-0.39, 0.29) is 17.5 Å². The molecule has 1 N–H and O–H groups in total. The Morgan fingerprint density at radius 2 is 1.86 bits per heavy atom. The molecule has 9 nitrogen and oxygen atoms in total. The summed E-state index contributed by atoms with van der Waals surface area (Å²) in [5.74, 6) is 0.183. The molecule has 0 atom stereocenters. The molecule has 2 aromatic rings. The van der Waals surface area contributed by atoms with E-state index in [2.05, 4.69) is 32.3 Å². The number of anilines is 2. The highest BCUT2D eigenvalue weighted by Gasteiger charge is 2.43. The number of hydrogen-bond donors (Lipinski definition) is 1. The molecule has 1 spiro atoms. The maximum Gasteiger partial charge on any atom is 0.344 e. The van der Waals surface area contributed by atoms with E-state index in [0.717, 1.165) is 69.4 Å². The van der Waals surface area contributed by atoms with Gasteiger partial charge in [0.25, 0.3) is 0 Å². The van der Waals surface area contributed by atoms with Gasteiger partial charge in [0, 0.05) is 57.4 Å². The third-order valence-corrected chi connectivity index (χ3v) is 7.85. The number of morpholine rings is 1. The third kappa shape index (κ3) is 5.17. The molecule has 3 aliphatic rings. The van der Waals surface area contributed by atoms with Gasteiger partial charge < -0.3 is 19.9 Å². The molecular weight excluding hydrogens is 468 g/mol. The van der Waals surface area contributed by atoms with E-state index in [0.29, 0.717) is 18.9 Å². The number of ether oxygens (including phenoxy) is 1. The van der Waals surface area contributed by atoms with Gasteiger partial charge in [-0.15, -0.1) is 5.10 Å². The molecule has 3 aliphatic heterocycles. The van der Waals surface area contributed by atoms with E-state index < -0.39 is 0 Å². The molecule has 188 valence electrons. The molecule has 10 heteroatoms. The van der Waals surface area contributed by atoms with Crippen LogP contribution in [0.25, 0.3) is 0 Å². The SMILES string of the molecule is CC(=O)Nc1ccn(C(=O)N2CCC3(CCCN3Cc3ccc(Cl)c(N4CCOCC4)c3)CC2)n1. The molecular formula is C25H33ClN6O3. The smallest absolute Gasteiger partial charge is 0.344 e. The van der Waals surface area contributed by atoms with Crippen molar-refractivity contribution in [3.63, 3.8) is 0 Å². The van der Waals surface area contributed by atoms with Gasteiger partial charge in [0.05, 0.1) is 23.9 Å². The number of likely N-dealkylation sites (tertiary alicyclic amines) is 2. The van der Waals surface area contributed by atoms with Crippen molar-refractivity contribution in [1.82, 2.24) is 19.6 Å². The van der Waals surface area contributed by atoms with Crippen LogP contribution >= 0.6 is 11.6 Å². The number of carbonyl (C=O) groups excluding carboxylic acids is 2. The molecule has 0 radical (unpaired) electrons. The van der Waals surface area contributed by atoms with Crippen LogP contribution in [0, 0.1) is 0 Å². The fourth-order valence-corrected chi connectivity index (χ4v) is 5.90. The standard InChI is InChI=1S/C25H33ClN6O3/c1-19(33)27-23-5-10-32(28-23)24(34)30-11-7-25(8-12-30)6-2-9-31(25)18-20-3-4-21(26)22(17-20)29-13-15-35-16-14-29/h3-5,10,17H,2,6-9,11-16,18H2,1H3,(H,27,28,33). The van der Waals surface area contributed by atoms with Gasteiger partial charge >= 0.3 is 6.03 Å². The summed E-state index contributed by atoms with van der Waals surface area (Å²) < 4.78 is 6.82. The Bertz CT molecular complexity index is 1070. The van der Waals surface area contributed by atoms with E-state index >= 15 is 0 Å². The number of piperidine rings is 1. The Morgan fingerprint density at radius 1 is 1.09 bits per heavy atom. The Balaban J connectivity index is 1.23. The molecule has 1 aromatic carbocycles. The van der Waals surface area contributed by atoms with Crippen molar-refractivity contribution in [3.8, 4) is 0 Å². The zero-order chi connectivity index (χ0) is 24.4. The predicted octanol–water partition coefficient (Wildman–Crippen LogP) is 3.43. The summed E-state index contributed by atoms with van der Waals surface area (Å²) in [6.45, 7) is 7.98. The first kappa shape index (κ1) is 24.1. The average molecular weight is 501 g/mol. The van der Waals surface area contributed by atoms with Crippen molar-refractivity contribution in [3.05, 3.63) is 41.0 Å². The van der Waals surface area contributed by atoms with Crippen LogP contribution in [-0.2, 0) is 16.1 Å². The monoisotopic (exact) mass is 500 g/mol. The van der Waals surface area contributed by atoms with Crippen LogP contribution in [0.1, 0.15) is 38.2 Å². The van der Waals surface area contributed by atoms with E-state index in [1.807, 2.05) is 11.0 Å². The van der Waals surface area contributed by atoms with Crippen LogP contribution in [0.15, 0.2) is 30.5 Å². The van der Waals surface area contributed by atoms with Gasteiger partial charge in [0.15, 0.2) is 5.82 Å². The highest BCUT2D eigenvalue weighted by atomic mass is 35.5.